The van der Waals surface area contributed by atoms with Gasteiger partial charge in [-0.1, -0.05) is 19.0 Å². The predicted molar refractivity (Wildman–Crippen MR) is 108 cm³/mol. The van der Waals surface area contributed by atoms with Gasteiger partial charge in [-0.15, -0.1) is 0 Å². The van der Waals surface area contributed by atoms with Crippen LogP contribution >= 0.6 is 23.4 Å². The molecule has 140 valence electrons. The number of carbonyl (C=O) groups is 1. The molecule has 0 aliphatic carbocycles. The maximum Gasteiger partial charge on any atom is 0.262 e. The molecule has 3 rings (SSSR count). The van der Waals surface area contributed by atoms with E-state index in [2.05, 4.69) is 15.0 Å². The van der Waals surface area contributed by atoms with Gasteiger partial charge in [0.1, 0.15) is 11.2 Å². The summed E-state index contributed by atoms with van der Waals surface area (Å²) < 4.78 is 5.38. The molecule has 9 heteroatoms. The summed E-state index contributed by atoms with van der Waals surface area (Å²) in [5, 5.41) is 10.6. The Morgan fingerprint density at radius 1 is 1.37 bits per heavy atom. The van der Waals surface area contributed by atoms with Gasteiger partial charge in [-0.05, 0) is 36.9 Å². The smallest absolute Gasteiger partial charge is 0.262 e. The van der Waals surface area contributed by atoms with E-state index in [1.54, 1.807) is 38.4 Å². The minimum absolute atomic E-state index is 0. The lowest BCUT2D eigenvalue weighted by molar-refractivity contribution is -0.117. The number of likely N-dealkylation sites (N-methyl/N-ethyl adjacent to an activating group) is 1. The Morgan fingerprint density at radius 3 is 2.78 bits per heavy atom. The highest BCUT2D eigenvalue weighted by Gasteiger charge is 2.32. The van der Waals surface area contributed by atoms with Crippen LogP contribution in [-0.4, -0.2) is 41.1 Å². The van der Waals surface area contributed by atoms with Crippen LogP contribution in [0.15, 0.2) is 29.4 Å². The van der Waals surface area contributed by atoms with E-state index in [4.69, 9.17) is 21.6 Å². The lowest BCUT2D eigenvalue weighted by atomic mass is 10.0. The molecule has 7 nitrogen and oxygen atoms in total. The highest BCUT2D eigenvalue weighted by Crippen LogP contribution is 2.33. The van der Waals surface area contributed by atoms with Gasteiger partial charge in [0.15, 0.2) is 5.37 Å². The lowest BCUT2D eigenvalue weighted by Gasteiger charge is -2.19. The van der Waals surface area contributed by atoms with E-state index in [-0.39, 0.29) is 13.3 Å². The molecule has 0 fully saturated rings. The number of benzene rings is 1. The van der Waals surface area contributed by atoms with Crippen LogP contribution in [0.5, 0.6) is 5.88 Å². The second kappa shape index (κ2) is 8.37. The second-order valence-corrected chi connectivity index (χ2v) is 6.74. The number of nitrogens with zero attached hydrogens (tertiary/aromatic N) is 5. The standard InChI is InChI=1S/C17H14ClN5O2S.CH4/c1-9-20-7-12(15(21-9)25-3)14-11-6-10(18)4-5-13(11)23(2)17(24)16(22-14)26-8-19;/h4-7,16H,1-3H3;1H4. The molecule has 1 amide bonds. The molecule has 0 saturated heterocycles. The van der Waals surface area contributed by atoms with Gasteiger partial charge in [-0.2, -0.15) is 10.2 Å². The van der Waals surface area contributed by atoms with E-state index < -0.39 is 5.37 Å². The topological polar surface area (TPSA) is 91.5 Å². The number of fused-ring (bicyclic) bond motifs is 1. The average Bonchev–Trinajstić information content (AvgIpc) is 2.72. The van der Waals surface area contributed by atoms with Gasteiger partial charge in [0.2, 0.25) is 5.88 Å². The summed E-state index contributed by atoms with van der Waals surface area (Å²) in [5.41, 5.74) is 2.24. The number of nitriles is 1. The van der Waals surface area contributed by atoms with Gasteiger partial charge in [-0.3, -0.25) is 9.79 Å². The Bertz CT molecular complexity index is 957. The third-order valence-electron chi connectivity index (χ3n) is 3.85. The van der Waals surface area contributed by atoms with Crippen molar-refractivity contribution in [3.05, 3.63) is 46.4 Å². The number of amides is 1. The summed E-state index contributed by atoms with van der Waals surface area (Å²) >= 11 is 6.96. The van der Waals surface area contributed by atoms with E-state index in [1.807, 2.05) is 5.40 Å². The van der Waals surface area contributed by atoms with E-state index in [0.717, 1.165) is 11.8 Å². The number of aliphatic imine (C=N–C) groups is 1. The number of rotatable bonds is 3. The van der Waals surface area contributed by atoms with Crippen molar-refractivity contribution in [3.63, 3.8) is 0 Å². The Balaban J connectivity index is 0.00000261. The van der Waals surface area contributed by atoms with Gasteiger partial charge in [0.05, 0.1) is 24.1 Å². The number of ether oxygens (including phenoxy) is 1. The van der Waals surface area contributed by atoms with E-state index in [1.165, 1.54) is 12.0 Å². The largest absolute Gasteiger partial charge is 0.480 e. The number of aromatic nitrogens is 2. The Morgan fingerprint density at radius 2 is 2.11 bits per heavy atom. The lowest BCUT2D eigenvalue weighted by Crippen LogP contribution is -2.32. The number of hydrogen-bond acceptors (Lipinski definition) is 7. The first kappa shape index (κ1) is 20.7. The number of aryl methyl sites for hydroxylation is 1. The SMILES string of the molecule is C.COc1nc(C)ncc1C1=NC(SC#N)C(=O)N(C)c2ccc(Cl)cc21. The Hall–Kier alpha value is -2.63. The van der Waals surface area contributed by atoms with Crippen LogP contribution in [0.2, 0.25) is 5.02 Å². The third kappa shape index (κ3) is 3.89. The van der Waals surface area contributed by atoms with Crippen LogP contribution in [0, 0.1) is 17.6 Å². The van der Waals surface area contributed by atoms with Crippen molar-refractivity contribution in [1.82, 2.24) is 9.97 Å². The van der Waals surface area contributed by atoms with Crippen molar-refractivity contribution in [2.75, 3.05) is 19.1 Å². The molecule has 27 heavy (non-hydrogen) atoms. The Kier molecular flexibility index (Phi) is 6.41. The molecule has 1 atom stereocenters. The van der Waals surface area contributed by atoms with Crippen molar-refractivity contribution in [2.24, 2.45) is 4.99 Å². The molecule has 2 heterocycles. The normalized spacial score (nSPS) is 15.8. The Labute approximate surface area is 167 Å². The monoisotopic (exact) mass is 403 g/mol. The molecule has 0 N–H and O–H groups in total. The van der Waals surface area contributed by atoms with Gasteiger partial charge < -0.3 is 9.64 Å². The minimum atomic E-state index is -0.919. The fraction of sp³-hybridized carbons (Fsp3) is 0.278. The molecule has 1 aliphatic heterocycles. The van der Waals surface area contributed by atoms with Crippen LogP contribution in [0.4, 0.5) is 5.69 Å². The summed E-state index contributed by atoms with van der Waals surface area (Å²) in [6.45, 7) is 1.75. The molecule has 0 saturated carbocycles. The molecule has 0 bridgehead atoms. The van der Waals surface area contributed by atoms with Crippen LogP contribution in [0.1, 0.15) is 24.4 Å². The van der Waals surface area contributed by atoms with Gasteiger partial charge >= 0.3 is 0 Å². The van der Waals surface area contributed by atoms with Crippen molar-refractivity contribution in [2.45, 2.75) is 19.7 Å². The number of carbonyl (C=O) groups excluding carboxylic acids is 1. The third-order valence-corrected chi connectivity index (χ3v) is 4.72. The molecular weight excluding hydrogens is 386 g/mol. The van der Waals surface area contributed by atoms with Gasteiger partial charge in [0, 0.05) is 23.8 Å². The molecule has 2 aromatic rings. The zero-order chi connectivity index (χ0) is 18.8. The van der Waals surface area contributed by atoms with Gasteiger partial charge in [0.25, 0.3) is 5.91 Å². The first-order valence-corrected chi connectivity index (χ1v) is 8.80. The molecular formula is C18H18ClN5O2S. The van der Waals surface area contributed by atoms with Crippen LogP contribution < -0.4 is 9.64 Å². The average molecular weight is 404 g/mol. The number of thioether (sulfide) groups is 1. The second-order valence-electron chi connectivity index (χ2n) is 5.44. The zero-order valence-corrected chi connectivity index (χ0v) is 15.8. The summed E-state index contributed by atoms with van der Waals surface area (Å²) in [4.78, 5) is 27.2. The van der Waals surface area contributed by atoms with Crippen LogP contribution in [-0.2, 0) is 4.79 Å². The van der Waals surface area contributed by atoms with E-state index >= 15 is 0 Å². The number of thiocyanates is 1. The summed E-state index contributed by atoms with van der Waals surface area (Å²) in [7, 11) is 3.14. The molecule has 1 aliphatic rings. The number of benzodiazepines with no additional fused rings is 1. The number of methoxy groups -OCH3 is 1. The van der Waals surface area contributed by atoms with Crippen LogP contribution in [0.3, 0.4) is 0 Å². The van der Waals surface area contributed by atoms with Crippen molar-refractivity contribution in [3.8, 4) is 11.3 Å². The molecule has 1 aromatic carbocycles. The summed E-state index contributed by atoms with van der Waals surface area (Å²) in [6, 6.07) is 5.16. The molecule has 1 unspecified atom stereocenters. The maximum absolute atomic E-state index is 12.7. The fourth-order valence-corrected chi connectivity index (χ4v) is 3.31. The summed E-state index contributed by atoms with van der Waals surface area (Å²) in [5.74, 6) is 0.573. The fourth-order valence-electron chi connectivity index (χ4n) is 2.63. The highest BCUT2D eigenvalue weighted by atomic mass is 35.5. The van der Waals surface area contributed by atoms with Crippen molar-refractivity contribution in [1.29, 1.82) is 5.26 Å². The zero-order valence-electron chi connectivity index (χ0n) is 14.2. The maximum atomic E-state index is 12.7. The molecule has 0 radical (unpaired) electrons. The summed E-state index contributed by atoms with van der Waals surface area (Å²) in [6.07, 6.45) is 1.59. The first-order chi connectivity index (χ1) is 12.5. The van der Waals surface area contributed by atoms with E-state index in [0.29, 0.717) is 39.3 Å². The molecule has 1 aromatic heterocycles. The highest BCUT2D eigenvalue weighted by molar-refractivity contribution is 8.05. The number of anilines is 1. The first-order valence-electron chi connectivity index (χ1n) is 7.54. The molecule has 0 spiro atoms. The minimum Gasteiger partial charge on any atom is -0.480 e. The number of halogens is 1. The quantitative estimate of drug-likeness (QED) is 0.729. The van der Waals surface area contributed by atoms with E-state index in [9.17, 15) is 4.79 Å². The van der Waals surface area contributed by atoms with Crippen molar-refractivity contribution >= 4 is 40.7 Å². The predicted octanol–water partition coefficient (Wildman–Crippen LogP) is 3.44. The van der Waals surface area contributed by atoms with Crippen LogP contribution in [0.25, 0.3) is 0 Å². The van der Waals surface area contributed by atoms with Gasteiger partial charge in [-0.25, -0.2) is 4.98 Å². The van der Waals surface area contributed by atoms with Crippen molar-refractivity contribution < 1.29 is 9.53 Å². The number of hydrogen-bond donors (Lipinski definition) is 0.